The van der Waals surface area contributed by atoms with E-state index in [0.717, 1.165) is 22.4 Å². The van der Waals surface area contributed by atoms with Crippen LogP contribution in [0.2, 0.25) is 0 Å². The van der Waals surface area contributed by atoms with Gasteiger partial charge in [0, 0.05) is 12.7 Å². The summed E-state index contributed by atoms with van der Waals surface area (Å²) in [6.45, 7) is 1.92. The van der Waals surface area contributed by atoms with Gasteiger partial charge in [-0.3, -0.25) is 0 Å². The molecule has 0 aliphatic carbocycles. The zero-order chi connectivity index (χ0) is 18.8. The first-order valence-corrected chi connectivity index (χ1v) is 8.42. The van der Waals surface area contributed by atoms with Crippen molar-refractivity contribution in [1.82, 2.24) is 4.90 Å². The monoisotopic (exact) mass is 350 g/mol. The van der Waals surface area contributed by atoms with E-state index in [4.69, 9.17) is 0 Å². The summed E-state index contributed by atoms with van der Waals surface area (Å²) >= 11 is 0. The highest BCUT2D eigenvalue weighted by Crippen LogP contribution is 2.41. The van der Waals surface area contributed by atoms with Gasteiger partial charge in [0.1, 0.15) is 11.9 Å². The first kappa shape index (κ1) is 17.7. The molecule has 1 N–H and O–H groups in total. The van der Waals surface area contributed by atoms with Crippen molar-refractivity contribution in [3.8, 4) is 17.2 Å². The number of nitrogens with zero attached hydrogens (tertiary/aromatic N) is 2. The van der Waals surface area contributed by atoms with E-state index >= 15 is 0 Å². The average Bonchev–Trinajstić information content (AvgIpc) is 2.94. The summed E-state index contributed by atoms with van der Waals surface area (Å²) in [7, 11) is 1.72. The smallest absolute Gasteiger partial charge is 0.327 e. The Balaban J connectivity index is 2.01. The first-order valence-electron chi connectivity index (χ1n) is 8.42. The van der Waals surface area contributed by atoms with E-state index in [1.807, 2.05) is 31.2 Å². The normalized spacial score (nSPS) is 19.5. The maximum absolute atomic E-state index is 13.1. The molecule has 3 rings (SSSR count). The highest BCUT2D eigenvalue weighted by molar-refractivity contribution is 5.78. The summed E-state index contributed by atoms with van der Waals surface area (Å²) in [6.07, 6.45) is 0.605. The Bertz CT molecular complexity index is 895. The number of carbonyl (C=O) groups is 1. The number of hydrogen-bond donors (Lipinski definition) is 1. The van der Waals surface area contributed by atoms with E-state index in [0.29, 0.717) is 12.0 Å². The molecule has 4 nitrogen and oxygen atoms in total. The minimum Gasteiger partial charge on any atom is -0.480 e. The van der Waals surface area contributed by atoms with Crippen molar-refractivity contribution in [2.24, 2.45) is 0 Å². The molecule has 0 fully saturated rings. The third-order valence-electron chi connectivity index (χ3n) is 4.94. The van der Waals surface area contributed by atoms with Crippen molar-refractivity contribution in [3.63, 3.8) is 0 Å². The van der Waals surface area contributed by atoms with Gasteiger partial charge in [0.15, 0.2) is 0 Å². The van der Waals surface area contributed by atoms with E-state index in [2.05, 4.69) is 6.07 Å². The number of hydrogen-bond acceptors (Lipinski definition) is 3. The van der Waals surface area contributed by atoms with E-state index in [9.17, 15) is 19.6 Å². The van der Waals surface area contributed by atoms with Crippen LogP contribution in [0.3, 0.4) is 0 Å². The lowest BCUT2D eigenvalue weighted by molar-refractivity contribution is -0.142. The van der Waals surface area contributed by atoms with Crippen LogP contribution >= 0.6 is 0 Å². The van der Waals surface area contributed by atoms with Crippen LogP contribution in [0.25, 0.3) is 11.1 Å². The van der Waals surface area contributed by atoms with Gasteiger partial charge < -0.3 is 10.0 Å². The largest absolute Gasteiger partial charge is 0.480 e. The van der Waals surface area contributed by atoms with Gasteiger partial charge in [0.05, 0.1) is 17.6 Å². The van der Waals surface area contributed by atoms with Gasteiger partial charge >= 0.3 is 5.97 Å². The van der Waals surface area contributed by atoms with Crippen LogP contribution in [0.5, 0.6) is 0 Å². The zero-order valence-electron chi connectivity index (χ0n) is 14.6. The highest BCUT2D eigenvalue weighted by Gasteiger charge is 2.43. The Labute approximate surface area is 151 Å². The fraction of sp³-hybridized carbons (Fsp3) is 0.238. The third-order valence-corrected chi connectivity index (χ3v) is 4.94. The van der Waals surface area contributed by atoms with E-state index < -0.39 is 17.9 Å². The van der Waals surface area contributed by atoms with Crippen LogP contribution in [-0.4, -0.2) is 29.1 Å². The van der Waals surface area contributed by atoms with Crippen molar-refractivity contribution < 1.29 is 14.3 Å². The number of benzene rings is 2. The second-order valence-electron chi connectivity index (χ2n) is 6.33. The van der Waals surface area contributed by atoms with E-state index in [1.54, 1.807) is 24.1 Å². The van der Waals surface area contributed by atoms with E-state index in [1.165, 1.54) is 12.1 Å². The van der Waals surface area contributed by atoms with Crippen molar-refractivity contribution in [3.05, 3.63) is 71.2 Å². The van der Waals surface area contributed by atoms with Crippen LogP contribution in [0, 0.1) is 17.1 Å². The topological polar surface area (TPSA) is 64.3 Å². The lowest BCUT2D eigenvalue weighted by atomic mass is 9.86. The van der Waals surface area contributed by atoms with Gasteiger partial charge in [-0.15, -0.1) is 0 Å². The zero-order valence-corrected chi connectivity index (χ0v) is 14.6. The van der Waals surface area contributed by atoms with Crippen LogP contribution < -0.4 is 0 Å². The second-order valence-corrected chi connectivity index (χ2v) is 6.33. The third kappa shape index (κ3) is 2.95. The molecule has 2 aromatic carbocycles. The standard InChI is InChI=1S/C21H19FN2O2/c1-3-18-17(12-23)19(20(21(25)26)24(18)2)15-6-4-13(5-7-15)14-8-10-16(22)11-9-14/h4-11,19-20H,3H2,1-2H3,(H,25,26). The predicted molar refractivity (Wildman–Crippen MR) is 96.7 cm³/mol. The lowest BCUT2D eigenvalue weighted by Crippen LogP contribution is -2.37. The Hall–Kier alpha value is -3.13. The van der Waals surface area contributed by atoms with Gasteiger partial charge in [-0.1, -0.05) is 43.3 Å². The van der Waals surface area contributed by atoms with Crippen LogP contribution in [0.1, 0.15) is 24.8 Å². The maximum Gasteiger partial charge on any atom is 0.327 e. The number of carboxylic acids is 1. The molecule has 2 unspecified atom stereocenters. The van der Waals surface area contributed by atoms with Gasteiger partial charge in [-0.2, -0.15) is 5.26 Å². The van der Waals surface area contributed by atoms with Gasteiger partial charge in [-0.05, 0) is 35.2 Å². The summed E-state index contributed by atoms with van der Waals surface area (Å²) in [4.78, 5) is 13.5. The number of likely N-dealkylation sites (N-methyl/N-ethyl adjacent to an activating group) is 1. The maximum atomic E-state index is 13.1. The number of halogens is 1. The molecule has 1 aliphatic rings. The van der Waals surface area contributed by atoms with Crippen molar-refractivity contribution >= 4 is 5.97 Å². The Morgan fingerprint density at radius 1 is 1.15 bits per heavy atom. The number of nitriles is 1. The number of rotatable bonds is 4. The summed E-state index contributed by atoms with van der Waals surface area (Å²) in [6, 6.07) is 15.1. The molecule has 0 radical (unpaired) electrons. The molecule has 1 heterocycles. The molecule has 26 heavy (non-hydrogen) atoms. The Morgan fingerprint density at radius 2 is 1.69 bits per heavy atom. The van der Waals surface area contributed by atoms with Crippen molar-refractivity contribution in [1.29, 1.82) is 5.26 Å². The lowest BCUT2D eigenvalue weighted by Gasteiger charge is -2.25. The molecule has 2 aromatic rings. The molecule has 2 atom stereocenters. The Morgan fingerprint density at radius 3 is 2.15 bits per heavy atom. The molecular formula is C21H19FN2O2. The summed E-state index contributed by atoms with van der Waals surface area (Å²) in [5, 5.41) is 19.3. The molecule has 0 bridgehead atoms. The molecule has 0 saturated heterocycles. The van der Waals surface area contributed by atoms with E-state index in [-0.39, 0.29) is 5.82 Å². The summed E-state index contributed by atoms with van der Waals surface area (Å²) in [5.74, 6) is -1.74. The minimum atomic E-state index is -0.948. The van der Waals surface area contributed by atoms with Crippen molar-refractivity contribution in [2.75, 3.05) is 7.05 Å². The molecule has 0 spiro atoms. The highest BCUT2D eigenvalue weighted by atomic mass is 19.1. The fourth-order valence-electron chi connectivity index (χ4n) is 3.68. The predicted octanol–water partition coefficient (Wildman–Crippen LogP) is 4.16. The van der Waals surface area contributed by atoms with Crippen molar-refractivity contribution in [2.45, 2.75) is 25.3 Å². The van der Waals surface area contributed by atoms with Gasteiger partial charge in [0.25, 0.3) is 0 Å². The van der Waals surface area contributed by atoms with Crippen LogP contribution in [0.15, 0.2) is 59.8 Å². The minimum absolute atomic E-state index is 0.292. The average molecular weight is 350 g/mol. The molecule has 0 saturated carbocycles. The second kappa shape index (κ2) is 7.01. The summed E-state index contributed by atoms with van der Waals surface area (Å²) < 4.78 is 13.1. The van der Waals surface area contributed by atoms with Crippen LogP contribution in [0.4, 0.5) is 4.39 Å². The van der Waals surface area contributed by atoms with Gasteiger partial charge in [-0.25, -0.2) is 9.18 Å². The molecule has 1 aliphatic heterocycles. The fourth-order valence-corrected chi connectivity index (χ4v) is 3.68. The quantitative estimate of drug-likeness (QED) is 0.899. The Kier molecular flexibility index (Phi) is 4.77. The summed E-state index contributed by atoms with van der Waals surface area (Å²) in [5.41, 5.74) is 3.85. The molecule has 132 valence electrons. The van der Waals surface area contributed by atoms with Gasteiger partial charge in [0.2, 0.25) is 0 Å². The molecule has 5 heteroatoms. The SMILES string of the molecule is CCC1=C(C#N)C(c2ccc(-c3ccc(F)cc3)cc2)C(C(=O)O)N1C. The molecule has 0 amide bonds. The molecular weight excluding hydrogens is 331 g/mol. The number of carboxylic acid groups (broad SMARTS) is 1. The van der Waals surface area contributed by atoms with Crippen LogP contribution in [-0.2, 0) is 4.79 Å². The first-order chi connectivity index (χ1) is 12.5. The number of allylic oxidation sites excluding steroid dienone is 1. The molecule has 0 aromatic heterocycles. The number of aliphatic carboxylic acids is 1.